The monoisotopic (exact) mass is 226 g/mol. The highest BCUT2D eigenvalue weighted by Gasteiger charge is 2.16. The van der Waals surface area contributed by atoms with Gasteiger partial charge in [0.1, 0.15) is 0 Å². The number of rotatable bonds is 5. The Kier molecular flexibility index (Phi) is 4.27. The molecule has 3 nitrogen and oxygen atoms in total. The molecule has 1 aromatic heterocycles. The highest BCUT2D eigenvalue weighted by Crippen LogP contribution is 2.30. The van der Waals surface area contributed by atoms with Crippen LogP contribution in [-0.2, 0) is 0 Å². The average Bonchev–Trinajstić information content (AvgIpc) is 2.70. The molecule has 0 N–H and O–H groups in total. The molecule has 0 saturated heterocycles. The van der Waals surface area contributed by atoms with Gasteiger partial charge in [0, 0.05) is 13.6 Å². The van der Waals surface area contributed by atoms with Crippen molar-refractivity contribution in [1.29, 1.82) is 0 Å². The van der Waals surface area contributed by atoms with Crippen molar-refractivity contribution < 1.29 is 4.79 Å². The quantitative estimate of drug-likeness (QED) is 0.724. The topological polar surface area (TPSA) is 33.2 Å². The second-order valence-electron chi connectivity index (χ2n) is 3.69. The lowest BCUT2D eigenvalue weighted by Crippen LogP contribution is -2.15. The summed E-state index contributed by atoms with van der Waals surface area (Å²) in [6.07, 6.45) is 1.94. The van der Waals surface area contributed by atoms with Gasteiger partial charge in [-0.15, -0.1) is 0 Å². The Morgan fingerprint density at radius 1 is 1.53 bits per heavy atom. The van der Waals surface area contributed by atoms with Crippen molar-refractivity contribution in [3.63, 3.8) is 0 Å². The predicted molar refractivity (Wildman–Crippen MR) is 65.2 cm³/mol. The summed E-state index contributed by atoms with van der Waals surface area (Å²) >= 11 is 1.48. The number of thiazole rings is 1. The normalized spacial score (nSPS) is 12.5. The summed E-state index contributed by atoms with van der Waals surface area (Å²) in [5.41, 5.74) is 0.952. The number of hydrogen-bond acceptors (Lipinski definition) is 4. The van der Waals surface area contributed by atoms with E-state index in [2.05, 4.69) is 30.7 Å². The molecule has 0 aliphatic rings. The SMILES string of the molecule is CCC(C)c1nc(N(C)CC)sc1C=O. The van der Waals surface area contributed by atoms with Crippen molar-refractivity contribution in [2.75, 3.05) is 18.5 Å². The maximum Gasteiger partial charge on any atom is 0.185 e. The van der Waals surface area contributed by atoms with Gasteiger partial charge in [-0.05, 0) is 19.3 Å². The molecule has 0 saturated carbocycles. The van der Waals surface area contributed by atoms with Crippen molar-refractivity contribution in [3.05, 3.63) is 10.6 Å². The molecule has 0 spiro atoms. The Balaban J connectivity index is 3.05. The van der Waals surface area contributed by atoms with Gasteiger partial charge in [0.2, 0.25) is 0 Å². The Morgan fingerprint density at radius 2 is 2.20 bits per heavy atom. The van der Waals surface area contributed by atoms with Crippen LogP contribution >= 0.6 is 11.3 Å². The minimum Gasteiger partial charge on any atom is -0.351 e. The molecule has 4 heteroatoms. The zero-order valence-corrected chi connectivity index (χ0v) is 10.6. The van der Waals surface area contributed by atoms with Gasteiger partial charge in [-0.1, -0.05) is 25.2 Å². The Morgan fingerprint density at radius 3 is 2.67 bits per heavy atom. The van der Waals surface area contributed by atoms with Crippen molar-refractivity contribution in [3.8, 4) is 0 Å². The van der Waals surface area contributed by atoms with Crippen LogP contribution in [0.3, 0.4) is 0 Å². The van der Waals surface area contributed by atoms with Gasteiger partial charge in [-0.2, -0.15) is 0 Å². The zero-order chi connectivity index (χ0) is 11.4. The summed E-state index contributed by atoms with van der Waals surface area (Å²) in [6.45, 7) is 7.20. The lowest BCUT2D eigenvalue weighted by molar-refractivity contribution is 0.112. The number of carbonyl (C=O) groups excluding carboxylic acids is 1. The summed E-state index contributed by atoms with van der Waals surface area (Å²) in [5, 5.41) is 0.940. The molecule has 0 amide bonds. The van der Waals surface area contributed by atoms with E-state index in [-0.39, 0.29) is 0 Å². The Bertz CT molecular complexity index is 335. The fourth-order valence-electron chi connectivity index (χ4n) is 1.26. The first-order chi connectivity index (χ1) is 7.13. The summed E-state index contributed by atoms with van der Waals surface area (Å²) in [5.74, 6) is 0.362. The molecule has 15 heavy (non-hydrogen) atoms. The molecule has 0 aliphatic carbocycles. The number of aromatic nitrogens is 1. The van der Waals surface area contributed by atoms with Crippen molar-refractivity contribution >= 4 is 22.8 Å². The van der Waals surface area contributed by atoms with E-state index < -0.39 is 0 Å². The first kappa shape index (κ1) is 12.2. The van der Waals surface area contributed by atoms with Crippen LogP contribution in [0.4, 0.5) is 5.13 Å². The molecule has 0 bridgehead atoms. The van der Waals surface area contributed by atoms with Gasteiger partial charge in [0.05, 0.1) is 10.6 Å². The molecule has 0 aromatic carbocycles. The first-order valence-electron chi connectivity index (χ1n) is 5.31. The third-order valence-electron chi connectivity index (χ3n) is 2.66. The minimum atomic E-state index is 0.362. The van der Waals surface area contributed by atoms with Gasteiger partial charge in [-0.25, -0.2) is 4.98 Å². The molecule has 1 atom stereocenters. The van der Waals surface area contributed by atoms with E-state index in [1.54, 1.807) is 0 Å². The molecular formula is C11H18N2OS. The van der Waals surface area contributed by atoms with E-state index in [9.17, 15) is 4.79 Å². The highest BCUT2D eigenvalue weighted by molar-refractivity contribution is 7.17. The minimum absolute atomic E-state index is 0.362. The summed E-state index contributed by atoms with van der Waals surface area (Å²) in [4.78, 5) is 18.3. The van der Waals surface area contributed by atoms with Gasteiger partial charge in [-0.3, -0.25) is 4.79 Å². The van der Waals surface area contributed by atoms with Crippen LogP contribution < -0.4 is 4.90 Å². The summed E-state index contributed by atoms with van der Waals surface area (Å²) in [6, 6.07) is 0. The number of hydrogen-bond donors (Lipinski definition) is 0. The summed E-state index contributed by atoms with van der Waals surface area (Å²) < 4.78 is 0. The Hall–Kier alpha value is -0.900. The number of carbonyl (C=O) groups is 1. The van der Waals surface area contributed by atoms with Gasteiger partial charge < -0.3 is 4.90 Å². The molecule has 1 rings (SSSR count). The molecule has 84 valence electrons. The van der Waals surface area contributed by atoms with Gasteiger partial charge in [0.15, 0.2) is 11.4 Å². The van der Waals surface area contributed by atoms with Crippen molar-refractivity contribution in [2.24, 2.45) is 0 Å². The fraction of sp³-hybridized carbons (Fsp3) is 0.636. The smallest absolute Gasteiger partial charge is 0.185 e. The maximum atomic E-state index is 10.9. The molecule has 0 fully saturated rings. The van der Waals surface area contributed by atoms with E-state index in [0.717, 1.165) is 35.0 Å². The number of aldehydes is 1. The first-order valence-corrected chi connectivity index (χ1v) is 6.12. The van der Waals surface area contributed by atoms with Crippen molar-refractivity contribution in [1.82, 2.24) is 4.98 Å². The summed E-state index contributed by atoms with van der Waals surface area (Å²) in [7, 11) is 1.99. The van der Waals surface area contributed by atoms with Crippen LogP contribution in [0.5, 0.6) is 0 Å². The zero-order valence-electron chi connectivity index (χ0n) is 9.78. The molecule has 1 aromatic rings. The number of anilines is 1. The molecule has 0 aliphatic heterocycles. The third kappa shape index (κ3) is 2.56. The Labute approximate surface area is 95.1 Å². The number of nitrogens with zero attached hydrogens (tertiary/aromatic N) is 2. The molecular weight excluding hydrogens is 208 g/mol. The van der Waals surface area contributed by atoms with Gasteiger partial charge >= 0.3 is 0 Å². The standard InChI is InChI=1S/C11H18N2OS/c1-5-8(3)10-9(7-14)15-11(12-10)13(4)6-2/h7-8H,5-6H2,1-4H3. The molecule has 1 heterocycles. The maximum absolute atomic E-state index is 10.9. The van der Waals surface area contributed by atoms with Crippen molar-refractivity contribution in [2.45, 2.75) is 33.1 Å². The predicted octanol–water partition coefficient (Wildman–Crippen LogP) is 2.93. The van der Waals surface area contributed by atoms with E-state index in [4.69, 9.17) is 0 Å². The van der Waals surface area contributed by atoms with Crippen LogP contribution in [0.25, 0.3) is 0 Å². The molecule has 0 radical (unpaired) electrons. The average molecular weight is 226 g/mol. The van der Waals surface area contributed by atoms with E-state index in [1.165, 1.54) is 11.3 Å². The van der Waals surface area contributed by atoms with Crippen LogP contribution in [-0.4, -0.2) is 24.9 Å². The van der Waals surface area contributed by atoms with Crippen LogP contribution in [0.1, 0.15) is 48.5 Å². The van der Waals surface area contributed by atoms with E-state index >= 15 is 0 Å². The molecule has 1 unspecified atom stereocenters. The van der Waals surface area contributed by atoms with E-state index in [1.807, 2.05) is 7.05 Å². The van der Waals surface area contributed by atoms with Crippen LogP contribution in [0.15, 0.2) is 0 Å². The lowest BCUT2D eigenvalue weighted by atomic mass is 10.0. The van der Waals surface area contributed by atoms with Crippen LogP contribution in [0.2, 0.25) is 0 Å². The largest absolute Gasteiger partial charge is 0.351 e. The third-order valence-corrected chi connectivity index (χ3v) is 3.77. The fourth-order valence-corrected chi connectivity index (χ4v) is 2.29. The van der Waals surface area contributed by atoms with Crippen LogP contribution in [0, 0.1) is 0 Å². The second-order valence-corrected chi connectivity index (χ2v) is 4.70. The van der Waals surface area contributed by atoms with Gasteiger partial charge in [0.25, 0.3) is 0 Å². The highest BCUT2D eigenvalue weighted by atomic mass is 32.1. The van der Waals surface area contributed by atoms with E-state index in [0.29, 0.717) is 5.92 Å². The second kappa shape index (κ2) is 5.26. The lowest BCUT2D eigenvalue weighted by Gasteiger charge is -2.11.